The highest BCUT2D eigenvalue weighted by atomic mass is 32.2. The van der Waals surface area contributed by atoms with Crippen molar-refractivity contribution >= 4 is 11.4 Å². The lowest BCUT2D eigenvalue weighted by Crippen LogP contribution is -2.53. The van der Waals surface area contributed by atoms with Crippen molar-refractivity contribution in [3.63, 3.8) is 0 Å². The summed E-state index contributed by atoms with van der Waals surface area (Å²) < 4.78 is 83.8. The van der Waals surface area contributed by atoms with E-state index in [9.17, 15) is 17.7 Å². The molecule has 3 aromatic rings. The third-order valence-electron chi connectivity index (χ3n) is 5.58. The van der Waals surface area contributed by atoms with Crippen molar-refractivity contribution in [3.05, 3.63) is 95.1 Å². The molecule has 2 atom stereocenters. The van der Waals surface area contributed by atoms with Gasteiger partial charge in [0.1, 0.15) is 21.9 Å². The Morgan fingerprint density at radius 2 is 1.55 bits per heavy atom. The first-order valence-electron chi connectivity index (χ1n) is 12.2. The molecular formula is C29H33F4NO3S. The fraction of sp³-hybridized carbons (Fsp3) is 0.379. The van der Waals surface area contributed by atoms with E-state index in [2.05, 4.69) is 4.72 Å². The molecule has 9 heteroatoms. The van der Waals surface area contributed by atoms with E-state index in [0.717, 1.165) is 17.7 Å². The van der Waals surface area contributed by atoms with E-state index in [0.29, 0.717) is 12.5 Å². The lowest BCUT2D eigenvalue weighted by molar-refractivity contribution is -0.159. The first kappa shape index (κ1) is 29.8. The molecule has 1 N–H and O–H groups in total. The molecule has 0 fully saturated rings. The van der Waals surface area contributed by atoms with Gasteiger partial charge in [0.15, 0.2) is 11.6 Å². The van der Waals surface area contributed by atoms with E-state index in [-0.39, 0.29) is 23.8 Å². The summed E-state index contributed by atoms with van der Waals surface area (Å²) in [6, 6.07) is 16.6. The Hall–Kier alpha value is -2.75. The van der Waals surface area contributed by atoms with Crippen molar-refractivity contribution in [1.29, 1.82) is 0 Å². The van der Waals surface area contributed by atoms with Crippen LogP contribution in [0.4, 0.5) is 17.6 Å². The van der Waals surface area contributed by atoms with Crippen molar-refractivity contribution in [1.82, 2.24) is 4.72 Å². The molecule has 1 unspecified atom stereocenters. The molecule has 0 aliphatic carbocycles. The lowest BCUT2D eigenvalue weighted by atomic mass is 9.78. The summed E-state index contributed by atoms with van der Waals surface area (Å²) in [5.41, 5.74) is -0.330. The van der Waals surface area contributed by atoms with Gasteiger partial charge < -0.3 is 14.0 Å². The molecule has 0 aliphatic heterocycles. The van der Waals surface area contributed by atoms with Crippen molar-refractivity contribution in [2.75, 3.05) is 0 Å². The van der Waals surface area contributed by atoms with Gasteiger partial charge in [-0.25, -0.2) is 8.78 Å². The van der Waals surface area contributed by atoms with Gasteiger partial charge in [-0.1, -0.05) is 36.4 Å². The van der Waals surface area contributed by atoms with Gasteiger partial charge >= 0.3 is 6.11 Å². The molecule has 206 valence electrons. The molecule has 38 heavy (non-hydrogen) atoms. The van der Waals surface area contributed by atoms with Gasteiger partial charge in [-0.05, 0) is 75.6 Å². The molecule has 0 radical (unpaired) electrons. The van der Waals surface area contributed by atoms with Crippen LogP contribution >= 0.6 is 0 Å². The number of alkyl halides is 2. The Labute approximate surface area is 224 Å². The zero-order valence-corrected chi connectivity index (χ0v) is 23.1. The smallest absolute Gasteiger partial charge is 0.394 e. The first-order valence-corrected chi connectivity index (χ1v) is 13.3. The predicted octanol–water partition coefficient (Wildman–Crippen LogP) is 7.28. The third kappa shape index (κ3) is 7.65. The van der Waals surface area contributed by atoms with Gasteiger partial charge in [-0.15, -0.1) is 4.72 Å². The number of benzene rings is 3. The summed E-state index contributed by atoms with van der Waals surface area (Å²) in [4.78, 5) is 0. The maximum atomic E-state index is 15.3. The summed E-state index contributed by atoms with van der Waals surface area (Å²) in [5, 5.41) is 0. The van der Waals surface area contributed by atoms with Gasteiger partial charge in [0.2, 0.25) is 0 Å². The van der Waals surface area contributed by atoms with Crippen LogP contribution in [-0.2, 0) is 23.3 Å². The summed E-state index contributed by atoms with van der Waals surface area (Å²) in [6.07, 6.45) is -3.77. The van der Waals surface area contributed by atoms with Crippen LogP contribution in [0.2, 0.25) is 0 Å². The Morgan fingerprint density at radius 3 is 2.11 bits per heavy atom. The van der Waals surface area contributed by atoms with E-state index in [1.165, 1.54) is 18.2 Å². The molecule has 0 heterocycles. The summed E-state index contributed by atoms with van der Waals surface area (Å²) in [6.45, 7) is 9.33. The van der Waals surface area contributed by atoms with Crippen molar-refractivity contribution in [2.24, 2.45) is 0 Å². The highest BCUT2D eigenvalue weighted by Crippen LogP contribution is 2.40. The quantitative estimate of drug-likeness (QED) is 0.213. The largest absolute Gasteiger partial charge is 0.598 e. The maximum absolute atomic E-state index is 15.3. The number of hydrogen-bond donors (Lipinski definition) is 1. The van der Waals surface area contributed by atoms with Gasteiger partial charge in [0.25, 0.3) is 0 Å². The van der Waals surface area contributed by atoms with Crippen LogP contribution in [0.25, 0.3) is 0 Å². The topological polar surface area (TPSA) is 53.5 Å². The predicted molar refractivity (Wildman–Crippen MR) is 142 cm³/mol. The second-order valence-corrected chi connectivity index (χ2v) is 12.4. The van der Waals surface area contributed by atoms with E-state index in [4.69, 9.17) is 9.47 Å². The minimum Gasteiger partial charge on any atom is -0.598 e. The van der Waals surface area contributed by atoms with Crippen molar-refractivity contribution in [3.8, 4) is 11.5 Å². The second-order valence-electron chi connectivity index (χ2n) is 10.4. The van der Waals surface area contributed by atoms with Gasteiger partial charge in [0.05, 0.1) is 6.10 Å². The zero-order valence-electron chi connectivity index (χ0n) is 22.3. The van der Waals surface area contributed by atoms with Crippen molar-refractivity contribution < 1.29 is 31.6 Å². The van der Waals surface area contributed by atoms with E-state index in [1.54, 1.807) is 52.8 Å². The highest BCUT2D eigenvalue weighted by Gasteiger charge is 2.43. The first-order chi connectivity index (χ1) is 17.6. The van der Waals surface area contributed by atoms with E-state index >= 15 is 4.39 Å². The second kappa shape index (κ2) is 11.6. The van der Waals surface area contributed by atoms with Crippen LogP contribution in [0, 0.1) is 11.6 Å². The molecule has 3 aromatic carbocycles. The minimum atomic E-state index is -3.57. The molecule has 0 aliphatic rings. The number of ether oxygens (including phenoxy) is 2. The summed E-state index contributed by atoms with van der Waals surface area (Å²) in [5.74, 6) is -1.93. The van der Waals surface area contributed by atoms with Crippen LogP contribution in [0.3, 0.4) is 0 Å². The Bertz CT molecular complexity index is 1230. The molecular weight excluding hydrogens is 518 g/mol. The Kier molecular flexibility index (Phi) is 9.06. The average molecular weight is 552 g/mol. The van der Waals surface area contributed by atoms with Crippen LogP contribution in [0.5, 0.6) is 11.5 Å². The Balaban J connectivity index is 2.32. The van der Waals surface area contributed by atoms with Gasteiger partial charge in [-0.2, -0.15) is 8.78 Å². The molecule has 3 rings (SSSR count). The summed E-state index contributed by atoms with van der Waals surface area (Å²) in [7, 11) is 0. The number of nitrogens with one attached hydrogen (secondary N) is 1. The molecule has 4 nitrogen and oxygen atoms in total. The molecule has 0 bridgehead atoms. The van der Waals surface area contributed by atoms with Crippen LogP contribution in [0.1, 0.15) is 58.2 Å². The number of halogens is 4. The average Bonchev–Trinajstić information content (AvgIpc) is 2.78. The molecule has 0 saturated heterocycles. The fourth-order valence-corrected chi connectivity index (χ4v) is 4.86. The fourth-order valence-electron chi connectivity index (χ4n) is 3.93. The molecule has 0 saturated carbocycles. The SMILES string of the molecule is CC(C)Oc1ccc([C@@](Cc2ccccc2)(N[S+]([O-])C(C)(C)C)c2cc(F)cc(OC(C)(F)F)c2)cc1F. The van der Waals surface area contributed by atoms with E-state index in [1.807, 2.05) is 18.2 Å². The minimum absolute atomic E-state index is 0.0168. The number of rotatable bonds is 10. The molecule has 0 aromatic heterocycles. The number of hydrogen-bond acceptors (Lipinski definition) is 4. The highest BCUT2D eigenvalue weighted by molar-refractivity contribution is 7.90. The lowest BCUT2D eigenvalue weighted by Gasteiger charge is -2.39. The van der Waals surface area contributed by atoms with Crippen LogP contribution in [-0.4, -0.2) is 21.5 Å². The van der Waals surface area contributed by atoms with Crippen molar-refractivity contribution in [2.45, 2.75) is 70.5 Å². The van der Waals surface area contributed by atoms with Gasteiger partial charge in [-0.3, -0.25) is 0 Å². The monoisotopic (exact) mass is 551 g/mol. The van der Waals surface area contributed by atoms with Gasteiger partial charge in [0, 0.05) is 30.8 Å². The molecule has 0 amide bonds. The Morgan fingerprint density at radius 1 is 0.895 bits per heavy atom. The normalized spacial score (nSPS) is 14.7. The zero-order chi connectivity index (χ0) is 28.3. The van der Waals surface area contributed by atoms with Crippen LogP contribution < -0.4 is 14.2 Å². The van der Waals surface area contributed by atoms with Crippen LogP contribution in [0.15, 0.2) is 66.7 Å². The third-order valence-corrected chi connectivity index (χ3v) is 7.23. The summed E-state index contributed by atoms with van der Waals surface area (Å²) >= 11 is -1.75. The molecule has 0 spiro atoms. The van der Waals surface area contributed by atoms with E-state index < -0.39 is 45.1 Å². The maximum Gasteiger partial charge on any atom is 0.394 e. The standard InChI is InChI=1S/C29H33F4NO3S/c1-19(2)36-26-13-12-21(16-25(26)31)29(34-38(35)27(3,4)5,18-20-10-8-7-9-11-20)22-14-23(30)17-24(15-22)37-28(6,32)33/h7-17,19,34H,18H2,1-6H3/t29-,38?/m1/s1.